The van der Waals surface area contributed by atoms with Gasteiger partial charge in [0.25, 0.3) is 0 Å². The van der Waals surface area contributed by atoms with E-state index >= 15 is 0 Å². The number of allylic oxidation sites excluding steroid dienone is 1. The van der Waals surface area contributed by atoms with Gasteiger partial charge in [-0.2, -0.15) is 0 Å². The Kier molecular flexibility index (Phi) is 4.33. The van der Waals surface area contributed by atoms with E-state index in [0.29, 0.717) is 6.04 Å². The molecule has 0 N–H and O–H groups in total. The molecule has 70 valence electrons. The van der Waals surface area contributed by atoms with Crippen LogP contribution in [0.2, 0.25) is 0 Å². The quantitative estimate of drug-likeness (QED) is 0.596. The van der Waals surface area contributed by atoms with Gasteiger partial charge in [-0.15, -0.1) is 0 Å². The van der Waals surface area contributed by atoms with E-state index in [2.05, 4.69) is 30.9 Å². The van der Waals surface area contributed by atoms with Gasteiger partial charge >= 0.3 is 0 Å². The topological polar surface area (TPSA) is 12.5 Å². The minimum absolute atomic E-state index is 0.578. The maximum absolute atomic E-state index is 5.29. The van der Waals surface area contributed by atoms with Crippen LogP contribution in [0.4, 0.5) is 0 Å². The molecule has 1 fully saturated rings. The van der Waals surface area contributed by atoms with Crippen LogP contribution in [-0.2, 0) is 4.74 Å². The largest absolute Gasteiger partial charge is 0.379 e. The monoisotopic (exact) mass is 169 g/mol. The Balaban J connectivity index is 2.29. The molecule has 1 rings (SSSR count). The zero-order valence-corrected chi connectivity index (χ0v) is 8.12. The number of morpholine rings is 1. The minimum atomic E-state index is 0.578. The van der Waals surface area contributed by atoms with Crippen LogP contribution in [0.5, 0.6) is 0 Å². The molecule has 1 saturated heterocycles. The summed E-state index contributed by atoms with van der Waals surface area (Å²) in [4.78, 5) is 2.45. The zero-order valence-electron chi connectivity index (χ0n) is 8.12. The molecule has 0 aromatic rings. The van der Waals surface area contributed by atoms with Gasteiger partial charge in [-0.3, -0.25) is 4.90 Å². The first-order chi connectivity index (χ1) is 5.84. The summed E-state index contributed by atoms with van der Waals surface area (Å²) in [5.41, 5.74) is 0. The van der Waals surface area contributed by atoms with Crippen molar-refractivity contribution in [1.29, 1.82) is 0 Å². The van der Waals surface area contributed by atoms with Crippen LogP contribution in [-0.4, -0.2) is 37.2 Å². The van der Waals surface area contributed by atoms with Crippen molar-refractivity contribution in [2.75, 3.05) is 26.3 Å². The average Bonchev–Trinajstić information content (AvgIpc) is 2.15. The summed E-state index contributed by atoms with van der Waals surface area (Å²) in [5.74, 6) is 0. The Bertz CT molecular complexity index is 139. The lowest BCUT2D eigenvalue weighted by Crippen LogP contribution is -2.41. The van der Waals surface area contributed by atoms with Gasteiger partial charge < -0.3 is 4.74 Å². The fraction of sp³-hybridized carbons (Fsp3) is 0.800. The van der Waals surface area contributed by atoms with Crippen molar-refractivity contribution >= 4 is 0 Å². The molecule has 0 bridgehead atoms. The van der Waals surface area contributed by atoms with Gasteiger partial charge in [0.2, 0.25) is 0 Å². The molecule has 1 heterocycles. The first-order valence-corrected chi connectivity index (χ1v) is 4.83. The van der Waals surface area contributed by atoms with Crippen LogP contribution in [0.25, 0.3) is 0 Å². The van der Waals surface area contributed by atoms with Gasteiger partial charge in [0.1, 0.15) is 0 Å². The SMILES string of the molecule is CCC=CC(C)N1CCOCC1. The second-order valence-electron chi connectivity index (χ2n) is 3.23. The lowest BCUT2D eigenvalue weighted by Gasteiger charge is -2.30. The average molecular weight is 169 g/mol. The zero-order chi connectivity index (χ0) is 8.81. The summed E-state index contributed by atoms with van der Waals surface area (Å²) in [5, 5.41) is 0. The highest BCUT2D eigenvalue weighted by molar-refractivity contribution is 4.91. The second-order valence-corrected chi connectivity index (χ2v) is 3.23. The van der Waals surface area contributed by atoms with E-state index in [4.69, 9.17) is 4.74 Å². The Labute approximate surface area is 75.2 Å². The van der Waals surface area contributed by atoms with E-state index in [1.54, 1.807) is 0 Å². The van der Waals surface area contributed by atoms with Crippen molar-refractivity contribution < 1.29 is 4.74 Å². The van der Waals surface area contributed by atoms with E-state index in [9.17, 15) is 0 Å². The predicted octanol–water partition coefficient (Wildman–Crippen LogP) is 1.67. The van der Waals surface area contributed by atoms with Crippen LogP contribution < -0.4 is 0 Å². The number of hydrogen-bond acceptors (Lipinski definition) is 2. The van der Waals surface area contributed by atoms with E-state index < -0.39 is 0 Å². The smallest absolute Gasteiger partial charge is 0.0594 e. The third kappa shape index (κ3) is 2.95. The summed E-state index contributed by atoms with van der Waals surface area (Å²) < 4.78 is 5.29. The van der Waals surface area contributed by atoms with Gasteiger partial charge in [-0.25, -0.2) is 0 Å². The molecule has 0 aromatic carbocycles. The lowest BCUT2D eigenvalue weighted by atomic mass is 10.2. The van der Waals surface area contributed by atoms with Crippen LogP contribution in [0.15, 0.2) is 12.2 Å². The van der Waals surface area contributed by atoms with Gasteiger partial charge in [0.15, 0.2) is 0 Å². The standard InChI is InChI=1S/C10H19NO/c1-3-4-5-10(2)11-6-8-12-9-7-11/h4-5,10H,3,6-9H2,1-2H3. The molecule has 12 heavy (non-hydrogen) atoms. The number of nitrogens with zero attached hydrogens (tertiary/aromatic N) is 1. The highest BCUT2D eigenvalue weighted by Gasteiger charge is 2.13. The van der Waals surface area contributed by atoms with E-state index in [1.165, 1.54) is 0 Å². The van der Waals surface area contributed by atoms with Crippen molar-refractivity contribution in [2.45, 2.75) is 26.3 Å². The van der Waals surface area contributed by atoms with E-state index in [0.717, 1.165) is 32.7 Å². The molecule has 0 spiro atoms. The highest BCUT2D eigenvalue weighted by atomic mass is 16.5. The summed E-state index contributed by atoms with van der Waals surface area (Å²) in [7, 11) is 0. The summed E-state index contributed by atoms with van der Waals surface area (Å²) >= 11 is 0. The molecule has 0 radical (unpaired) electrons. The van der Waals surface area contributed by atoms with Crippen molar-refractivity contribution in [2.24, 2.45) is 0 Å². The first kappa shape index (κ1) is 9.75. The first-order valence-electron chi connectivity index (χ1n) is 4.83. The molecule has 1 aliphatic rings. The van der Waals surface area contributed by atoms with Gasteiger partial charge in [-0.1, -0.05) is 19.1 Å². The van der Waals surface area contributed by atoms with Crippen LogP contribution in [0, 0.1) is 0 Å². The van der Waals surface area contributed by atoms with Gasteiger partial charge in [0, 0.05) is 19.1 Å². The molecule has 0 saturated carbocycles. The molecule has 1 aliphatic heterocycles. The Morgan fingerprint density at radius 2 is 2.08 bits per heavy atom. The van der Waals surface area contributed by atoms with Crippen molar-refractivity contribution in [3.05, 3.63) is 12.2 Å². The molecule has 1 unspecified atom stereocenters. The molecule has 0 aromatic heterocycles. The highest BCUT2D eigenvalue weighted by Crippen LogP contribution is 2.04. The lowest BCUT2D eigenvalue weighted by molar-refractivity contribution is 0.0286. The van der Waals surface area contributed by atoms with Crippen molar-refractivity contribution in [3.63, 3.8) is 0 Å². The summed E-state index contributed by atoms with van der Waals surface area (Å²) in [6.07, 6.45) is 5.65. The molecule has 0 amide bonds. The molecule has 0 aliphatic carbocycles. The summed E-state index contributed by atoms with van der Waals surface area (Å²) in [6.45, 7) is 8.36. The van der Waals surface area contributed by atoms with Crippen LogP contribution in [0.1, 0.15) is 20.3 Å². The fourth-order valence-electron chi connectivity index (χ4n) is 1.44. The molecular weight excluding hydrogens is 150 g/mol. The molecular formula is C10H19NO. The van der Waals surface area contributed by atoms with Gasteiger partial charge in [-0.05, 0) is 13.3 Å². The second kappa shape index (κ2) is 5.33. The Morgan fingerprint density at radius 3 is 2.67 bits per heavy atom. The third-order valence-electron chi connectivity index (χ3n) is 2.27. The molecule has 2 nitrogen and oxygen atoms in total. The van der Waals surface area contributed by atoms with Crippen molar-refractivity contribution in [3.8, 4) is 0 Å². The Morgan fingerprint density at radius 1 is 1.42 bits per heavy atom. The number of ether oxygens (including phenoxy) is 1. The predicted molar refractivity (Wildman–Crippen MR) is 51.3 cm³/mol. The molecule has 2 heteroatoms. The van der Waals surface area contributed by atoms with Crippen LogP contribution in [0.3, 0.4) is 0 Å². The maximum Gasteiger partial charge on any atom is 0.0594 e. The third-order valence-corrected chi connectivity index (χ3v) is 2.27. The minimum Gasteiger partial charge on any atom is -0.379 e. The number of rotatable bonds is 3. The van der Waals surface area contributed by atoms with E-state index in [-0.39, 0.29) is 0 Å². The summed E-state index contributed by atoms with van der Waals surface area (Å²) in [6, 6.07) is 0.578. The van der Waals surface area contributed by atoms with Gasteiger partial charge in [0.05, 0.1) is 13.2 Å². The van der Waals surface area contributed by atoms with Crippen molar-refractivity contribution in [1.82, 2.24) is 4.90 Å². The van der Waals surface area contributed by atoms with E-state index in [1.807, 2.05) is 0 Å². The normalized spacial score (nSPS) is 23.2. The Hall–Kier alpha value is -0.340. The number of hydrogen-bond donors (Lipinski definition) is 0. The maximum atomic E-state index is 5.29. The molecule has 1 atom stereocenters. The van der Waals surface area contributed by atoms with Crippen LogP contribution >= 0.6 is 0 Å². The fourth-order valence-corrected chi connectivity index (χ4v) is 1.44.